The molecule has 0 radical (unpaired) electrons. The first-order chi connectivity index (χ1) is 11.2. The van der Waals surface area contributed by atoms with E-state index < -0.39 is 5.41 Å². The van der Waals surface area contributed by atoms with Crippen LogP contribution in [0.1, 0.15) is 53.4 Å². The molecule has 0 amide bonds. The normalized spacial score (nSPS) is 43.2. The molecule has 0 unspecified atom stereocenters. The molecule has 0 saturated heterocycles. The van der Waals surface area contributed by atoms with Gasteiger partial charge in [0.25, 0.3) is 0 Å². The smallest absolute Gasteiger partial charge is 0.311 e. The van der Waals surface area contributed by atoms with Crippen LogP contribution in [0.15, 0.2) is 23.8 Å². The summed E-state index contributed by atoms with van der Waals surface area (Å²) in [7, 11) is 0. The van der Waals surface area contributed by atoms with Crippen molar-refractivity contribution in [2.45, 2.75) is 59.5 Å². The molecular weight excluding hydrogens is 300 g/mol. The molecule has 3 heteroatoms. The van der Waals surface area contributed by atoms with Crippen LogP contribution in [-0.4, -0.2) is 17.9 Å². The molecule has 2 fully saturated rings. The highest BCUT2D eigenvalue weighted by molar-refractivity contribution is 5.95. The van der Waals surface area contributed by atoms with Gasteiger partial charge >= 0.3 is 5.97 Å². The molecule has 130 valence electrons. The van der Waals surface area contributed by atoms with Gasteiger partial charge in [0.05, 0.1) is 5.41 Å². The van der Waals surface area contributed by atoms with Gasteiger partial charge in [-0.05, 0) is 70.3 Å². The maximum Gasteiger partial charge on any atom is 0.311 e. The number of carbonyl (C=O) groups excluding carboxylic acids is 2. The summed E-state index contributed by atoms with van der Waals surface area (Å²) < 4.78 is 6.06. The van der Waals surface area contributed by atoms with Gasteiger partial charge in [0.2, 0.25) is 0 Å². The third-order valence-electron chi connectivity index (χ3n) is 6.93. The van der Waals surface area contributed by atoms with Gasteiger partial charge < -0.3 is 4.74 Å². The van der Waals surface area contributed by atoms with E-state index in [-0.39, 0.29) is 23.4 Å². The van der Waals surface area contributed by atoms with E-state index in [2.05, 4.69) is 19.1 Å². The highest BCUT2D eigenvalue weighted by Crippen LogP contribution is 2.63. The zero-order chi connectivity index (χ0) is 17.3. The molecule has 6 atom stereocenters. The van der Waals surface area contributed by atoms with Gasteiger partial charge in [-0.25, -0.2) is 0 Å². The van der Waals surface area contributed by atoms with Gasteiger partial charge in [-0.3, -0.25) is 9.59 Å². The summed E-state index contributed by atoms with van der Waals surface area (Å²) in [5.41, 5.74) is 0.561. The largest absolute Gasteiger partial charge is 0.461 e. The second-order valence-electron chi connectivity index (χ2n) is 9.39. The Bertz CT molecular complexity index is 650. The van der Waals surface area contributed by atoms with Gasteiger partial charge in [0, 0.05) is 11.3 Å². The lowest BCUT2D eigenvalue weighted by molar-refractivity contribution is -0.170. The summed E-state index contributed by atoms with van der Waals surface area (Å²) in [6, 6.07) is 0. The van der Waals surface area contributed by atoms with Crippen LogP contribution in [0.25, 0.3) is 0 Å². The standard InChI is InChI=1S/C21H28O3/c1-20(2,3)19(23)24-16-7-5-6-14-11-15(22)17-12-8-9-13(10-12)18(17)21(14,16)4/h8-9,11-13,16-18H,5-7,10H2,1-4H3/t12-,13+,16+,17+,18+,21+/m1/s1. The van der Waals surface area contributed by atoms with Crippen LogP contribution in [0.2, 0.25) is 0 Å². The Kier molecular flexibility index (Phi) is 3.40. The number of ketones is 1. The number of fused-ring (bicyclic) bond motifs is 7. The molecule has 3 nitrogen and oxygen atoms in total. The summed E-state index contributed by atoms with van der Waals surface area (Å²) in [4.78, 5) is 25.3. The van der Waals surface area contributed by atoms with E-state index in [0.717, 1.165) is 25.7 Å². The molecule has 4 rings (SSSR count). The second-order valence-corrected chi connectivity index (χ2v) is 9.39. The van der Waals surface area contributed by atoms with Crippen molar-refractivity contribution < 1.29 is 14.3 Å². The first kappa shape index (κ1) is 16.1. The van der Waals surface area contributed by atoms with E-state index in [4.69, 9.17) is 4.74 Å². The van der Waals surface area contributed by atoms with Crippen molar-refractivity contribution in [2.75, 3.05) is 0 Å². The molecule has 0 aromatic carbocycles. The molecule has 0 aromatic rings. The molecule has 0 aromatic heterocycles. The van der Waals surface area contributed by atoms with Crippen LogP contribution in [0.3, 0.4) is 0 Å². The quantitative estimate of drug-likeness (QED) is 0.538. The lowest BCUT2D eigenvalue weighted by atomic mass is 9.53. The number of esters is 1. The van der Waals surface area contributed by atoms with Crippen LogP contribution in [0.5, 0.6) is 0 Å². The molecule has 0 heterocycles. The van der Waals surface area contributed by atoms with Crippen molar-refractivity contribution in [3.63, 3.8) is 0 Å². The van der Waals surface area contributed by atoms with Crippen molar-refractivity contribution >= 4 is 11.8 Å². The van der Waals surface area contributed by atoms with Gasteiger partial charge in [0.15, 0.2) is 5.78 Å². The Labute approximate surface area is 144 Å². The van der Waals surface area contributed by atoms with Gasteiger partial charge in [0.1, 0.15) is 6.10 Å². The first-order valence-electron chi connectivity index (χ1n) is 9.37. The monoisotopic (exact) mass is 328 g/mol. The zero-order valence-electron chi connectivity index (χ0n) is 15.2. The fourth-order valence-corrected chi connectivity index (χ4v) is 5.69. The highest BCUT2D eigenvalue weighted by atomic mass is 16.5. The summed E-state index contributed by atoms with van der Waals surface area (Å²) >= 11 is 0. The van der Waals surface area contributed by atoms with Crippen molar-refractivity contribution in [2.24, 2.45) is 34.5 Å². The average molecular weight is 328 g/mol. The van der Waals surface area contributed by atoms with Crippen molar-refractivity contribution in [1.29, 1.82) is 0 Å². The van der Waals surface area contributed by atoms with E-state index in [9.17, 15) is 9.59 Å². The van der Waals surface area contributed by atoms with E-state index in [1.165, 1.54) is 5.57 Å². The third kappa shape index (κ3) is 2.09. The fourth-order valence-electron chi connectivity index (χ4n) is 5.69. The van der Waals surface area contributed by atoms with Crippen LogP contribution >= 0.6 is 0 Å². The summed E-state index contributed by atoms with van der Waals surface area (Å²) in [5.74, 6) is 1.45. The zero-order valence-corrected chi connectivity index (χ0v) is 15.2. The molecule has 4 aliphatic rings. The van der Waals surface area contributed by atoms with E-state index >= 15 is 0 Å². The molecule has 2 saturated carbocycles. The topological polar surface area (TPSA) is 43.4 Å². The lowest BCUT2D eigenvalue weighted by Crippen LogP contribution is -2.53. The maximum atomic E-state index is 12.7. The predicted molar refractivity (Wildman–Crippen MR) is 92.1 cm³/mol. The second kappa shape index (κ2) is 5.06. The van der Waals surface area contributed by atoms with Gasteiger partial charge in [-0.1, -0.05) is 24.6 Å². The number of allylic oxidation sites excluding steroid dienone is 3. The number of hydrogen-bond acceptors (Lipinski definition) is 3. The van der Waals surface area contributed by atoms with Gasteiger partial charge in [-0.2, -0.15) is 0 Å². The molecular formula is C21H28O3. The summed E-state index contributed by atoms with van der Waals surface area (Å²) in [6.45, 7) is 7.98. The van der Waals surface area contributed by atoms with Gasteiger partial charge in [-0.15, -0.1) is 0 Å². The van der Waals surface area contributed by atoms with Crippen molar-refractivity contribution in [3.8, 4) is 0 Å². The van der Waals surface area contributed by atoms with Crippen molar-refractivity contribution in [3.05, 3.63) is 23.8 Å². The molecule has 2 bridgehead atoms. The van der Waals surface area contributed by atoms with Crippen LogP contribution in [0, 0.1) is 34.5 Å². The minimum atomic E-state index is -0.490. The minimum absolute atomic E-state index is 0.0995. The average Bonchev–Trinajstić information content (AvgIpc) is 3.10. The van der Waals surface area contributed by atoms with Crippen LogP contribution < -0.4 is 0 Å². The van der Waals surface area contributed by atoms with Crippen LogP contribution in [-0.2, 0) is 14.3 Å². The summed E-state index contributed by atoms with van der Waals surface area (Å²) in [6.07, 6.45) is 10.3. The molecule has 24 heavy (non-hydrogen) atoms. The third-order valence-corrected chi connectivity index (χ3v) is 6.93. The van der Waals surface area contributed by atoms with E-state index in [0.29, 0.717) is 23.5 Å². The Morgan fingerprint density at radius 2 is 1.96 bits per heavy atom. The lowest BCUT2D eigenvalue weighted by Gasteiger charge is -2.53. The fraction of sp³-hybridized carbons (Fsp3) is 0.714. The number of ether oxygens (including phenoxy) is 1. The Morgan fingerprint density at radius 1 is 1.25 bits per heavy atom. The highest BCUT2D eigenvalue weighted by Gasteiger charge is 2.62. The molecule has 0 N–H and O–H groups in total. The summed E-state index contributed by atoms with van der Waals surface area (Å²) in [5, 5.41) is 0. The molecule has 0 spiro atoms. The predicted octanol–water partition coefficient (Wildman–Crippen LogP) is 4.08. The van der Waals surface area contributed by atoms with Crippen LogP contribution in [0.4, 0.5) is 0 Å². The number of hydrogen-bond donors (Lipinski definition) is 0. The first-order valence-corrected chi connectivity index (χ1v) is 9.37. The Hall–Kier alpha value is -1.38. The maximum absolute atomic E-state index is 12.7. The van der Waals surface area contributed by atoms with E-state index in [1.807, 2.05) is 26.8 Å². The minimum Gasteiger partial charge on any atom is -0.461 e. The Morgan fingerprint density at radius 3 is 2.67 bits per heavy atom. The molecule has 4 aliphatic carbocycles. The number of carbonyl (C=O) groups is 2. The van der Waals surface area contributed by atoms with E-state index in [1.54, 1.807) is 0 Å². The van der Waals surface area contributed by atoms with Crippen molar-refractivity contribution in [1.82, 2.24) is 0 Å². The SMILES string of the molecule is CC(C)(C)C(=O)O[C@H]1CCCC2=CC(=O)[C@H]3[C@H]([C@H]4C=C[C@@H]3C4)[C@@]21C. The Balaban J connectivity index is 1.73. The number of rotatable bonds is 1. The molecule has 0 aliphatic heterocycles.